The van der Waals surface area contributed by atoms with Crippen LogP contribution in [0.4, 0.5) is 0 Å². The third-order valence-corrected chi connectivity index (χ3v) is 9.99. The summed E-state index contributed by atoms with van der Waals surface area (Å²) in [7, 11) is 3.99. The maximum Gasteiger partial charge on any atom is 0.305 e. The quantitative estimate of drug-likeness (QED) is 0.0266. The average molecular weight is 791 g/mol. The summed E-state index contributed by atoms with van der Waals surface area (Å²) >= 11 is 1.57. The van der Waals surface area contributed by atoms with Crippen molar-refractivity contribution in [2.75, 3.05) is 58.4 Å². The fourth-order valence-corrected chi connectivity index (χ4v) is 6.55. The van der Waals surface area contributed by atoms with E-state index in [1.807, 2.05) is 14.1 Å². The second-order valence-corrected chi connectivity index (χ2v) is 15.7. The van der Waals surface area contributed by atoms with Gasteiger partial charge >= 0.3 is 5.97 Å². The van der Waals surface area contributed by atoms with Gasteiger partial charge in [0.15, 0.2) is 0 Å². The van der Waals surface area contributed by atoms with Crippen molar-refractivity contribution in [2.45, 2.75) is 175 Å². The van der Waals surface area contributed by atoms with Gasteiger partial charge in [0.25, 0.3) is 6.47 Å². The van der Waals surface area contributed by atoms with Crippen molar-refractivity contribution in [3.63, 3.8) is 0 Å². The summed E-state index contributed by atoms with van der Waals surface area (Å²) in [5, 5.41) is 0. The molecule has 0 atom stereocenters. The van der Waals surface area contributed by atoms with Crippen LogP contribution < -0.4 is 0 Å². The molecule has 0 spiro atoms. The number of unbranched alkanes of at least 4 members (excludes halogenated alkanes) is 17. The molecule has 0 aromatic carbocycles. The zero-order chi connectivity index (χ0) is 40.7. The number of rotatable bonds is 39. The molecule has 0 unspecified atom stereocenters. The number of ether oxygens (including phenoxy) is 2. The van der Waals surface area contributed by atoms with Crippen molar-refractivity contribution in [1.82, 2.24) is 9.80 Å². The Morgan fingerprint density at radius 1 is 0.545 bits per heavy atom. The molecule has 0 aromatic rings. The zero-order valence-electron chi connectivity index (χ0n) is 36.5. The van der Waals surface area contributed by atoms with E-state index in [2.05, 4.69) is 74.3 Å². The number of carbonyl (C=O) groups excluding carboxylic acids is 3. The van der Waals surface area contributed by atoms with Crippen LogP contribution in [0.1, 0.15) is 175 Å². The fraction of sp³-hybridized carbons (Fsp3) is 0.766. The van der Waals surface area contributed by atoms with E-state index in [1.54, 1.807) is 16.7 Å². The molecule has 0 aliphatic carbocycles. The molecule has 0 rings (SSSR count). The number of carbonyl (C=O) groups is 3. The van der Waals surface area contributed by atoms with Crippen molar-refractivity contribution in [2.24, 2.45) is 0 Å². The van der Waals surface area contributed by atoms with Gasteiger partial charge in [-0.05, 0) is 84.7 Å². The lowest BCUT2D eigenvalue weighted by molar-refractivity contribution is -0.145. The molecule has 0 saturated heterocycles. The Bertz CT molecular complexity index is 950. The highest BCUT2D eigenvalue weighted by Crippen LogP contribution is 2.10. The highest BCUT2D eigenvalue weighted by molar-refractivity contribution is 7.99. The average Bonchev–Trinajstić information content (AvgIpc) is 3.17. The SMILES string of the molecule is CCCCC/C=C\C/C=C\CCCCCCCC.CCCCC/C=C\C/C=C\CCCCCCCC(=O)OCCN(CCOC=O)C(=O)CSCCN(C)C. The second-order valence-electron chi connectivity index (χ2n) is 14.6. The summed E-state index contributed by atoms with van der Waals surface area (Å²) in [4.78, 5) is 38.6. The maximum atomic E-state index is 12.5. The molecule has 0 aliphatic rings. The third-order valence-electron chi connectivity index (χ3n) is 9.07. The van der Waals surface area contributed by atoms with E-state index in [0.717, 1.165) is 50.8 Å². The summed E-state index contributed by atoms with van der Waals surface area (Å²) in [6.45, 7) is 8.95. The Hall–Kier alpha value is -2.32. The minimum Gasteiger partial charge on any atom is -0.466 e. The molecular weight excluding hydrogens is 705 g/mol. The van der Waals surface area contributed by atoms with Gasteiger partial charge in [-0.2, -0.15) is 11.8 Å². The van der Waals surface area contributed by atoms with E-state index >= 15 is 0 Å². The Morgan fingerprint density at radius 2 is 0.982 bits per heavy atom. The van der Waals surface area contributed by atoms with Crippen LogP contribution in [0.3, 0.4) is 0 Å². The van der Waals surface area contributed by atoms with Crippen molar-refractivity contribution < 1.29 is 23.9 Å². The molecule has 320 valence electrons. The van der Waals surface area contributed by atoms with Gasteiger partial charge in [-0.15, -0.1) is 0 Å². The topological polar surface area (TPSA) is 76.1 Å². The van der Waals surface area contributed by atoms with Gasteiger partial charge in [0, 0.05) is 18.7 Å². The number of allylic oxidation sites excluding steroid dienone is 8. The van der Waals surface area contributed by atoms with Crippen LogP contribution in [-0.4, -0.2) is 86.6 Å². The highest BCUT2D eigenvalue weighted by atomic mass is 32.2. The fourth-order valence-electron chi connectivity index (χ4n) is 5.55. The predicted molar refractivity (Wildman–Crippen MR) is 240 cm³/mol. The smallest absolute Gasteiger partial charge is 0.305 e. The van der Waals surface area contributed by atoms with Gasteiger partial charge in [0.2, 0.25) is 5.91 Å². The zero-order valence-corrected chi connectivity index (χ0v) is 37.3. The molecule has 0 fully saturated rings. The molecule has 55 heavy (non-hydrogen) atoms. The molecule has 8 heteroatoms. The van der Waals surface area contributed by atoms with Crippen molar-refractivity contribution >= 4 is 30.1 Å². The van der Waals surface area contributed by atoms with Gasteiger partial charge in [-0.25, -0.2) is 0 Å². The first-order valence-corrected chi connectivity index (χ1v) is 23.4. The highest BCUT2D eigenvalue weighted by Gasteiger charge is 2.14. The summed E-state index contributed by atoms with van der Waals surface area (Å²) in [6, 6.07) is 0. The number of thioether (sulfide) groups is 1. The molecule has 0 radical (unpaired) electrons. The van der Waals surface area contributed by atoms with Crippen LogP contribution in [-0.2, 0) is 23.9 Å². The van der Waals surface area contributed by atoms with Crippen molar-refractivity contribution in [1.29, 1.82) is 0 Å². The summed E-state index contributed by atoms with van der Waals surface area (Å²) < 4.78 is 10.1. The third kappa shape index (κ3) is 47.8. The van der Waals surface area contributed by atoms with Crippen LogP contribution >= 0.6 is 11.8 Å². The van der Waals surface area contributed by atoms with Crippen LogP contribution in [0.5, 0.6) is 0 Å². The van der Waals surface area contributed by atoms with E-state index in [-0.39, 0.29) is 25.1 Å². The van der Waals surface area contributed by atoms with Crippen LogP contribution in [0.2, 0.25) is 0 Å². The van der Waals surface area contributed by atoms with E-state index in [9.17, 15) is 14.4 Å². The van der Waals surface area contributed by atoms with Gasteiger partial charge in [-0.3, -0.25) is 14.4 Å². The van der Waals surface area contributed by atoms with Crippen LogP contribution in [0.15, 0.2) is 48.6 Å². The molecule has 0 heterocycles. The molecule has 0 aromatic heterocycles. The van der Waals surface area contributed by atoms with E-state index in [4.69, 9.17) is 9.47 Å². The van der Waals surface area contributed by atoms with Crippen molar-refractivity contribution in [3.05, 3.63) is 48.6 Å². The number of nitrogens with zero attached hydrogens (tertiary/aromatic N) is 2. The number of hydrogen-bond donors (Lipinski definition) is 0. The van der Waals surface area contributed by atoms with Gasteiger partial charge < -0.3 is 19.3 Å². The standard InChI is InChI=1S/C29H52N2O5S.C18H34/c1-4-5-6-7-8-9-10-11-12-13-14-15-16-17-18-19-29(34)36-24-21-31(20-23-35-27-32)28(33)26-37-25-22-30(2)3;1-3-5-7-9-11-13-15-17-18-16-14-12-10-8-6-4-2/h8-9,11-12,27H,4-7,10,13-26H2,1-3H3;11,13,17-18H,3-10,12,14-16H2,1-2H3/b9-8-,12-11-;13-11-,18-17-. The molecule has 0 bridgehead atoms. The van der Waals surface area contributed by atoms with E-state index in [1.165, 1.54) is 109 Å². The minimum atomic E-state index is -0.220. The molecule has 0 aliphatic heterocycles. The van der Waals surface area contributed by atoms with E-state index < -0.39 is 0 Å². The normalized spacial score (nSPS) is 11.6. The minimum absolute atomic E-state index is 0.0389. The first kappa shape index (κ1) is 54.8. The Kier molecular flexibility index (Phi) is 47.6. The molecule has 7 nitrogen and oxygen atoms in total. The number of hydrogen-bond acceptors (Lipinski definition) is 7. The van der Waals surface area contributed by atoms with Crippen molar-refractivity contribution in [3.8, 4) is 0 Å². The van der Waals surface area contributed by atoms with Crippen LogP contribution in [0.25, 0.3) is 0 Å². The lowest BCUT2D eigenvalue weighted by Gasteiger charge is -2.22. The van der Waals surface area contributed by atoms with Crippen LogP contribution in [0, 0.1) is 0 Å². The van der Waals surface area contributed by atoms with E-state index in [0.29, 0.717) is 31.7 Å². The second kappa shape index (κ2) is 47.8. The molecular formula is C47H86N2O5S. The summed E-state index contributed by atoms with van der Waals surface area (Å²) in [6.07, 6.45) is 47.5. The Balaban J connectivity index is 0. The first-order chi connectivity index (χ1) is 26.9. The Labute approximate surface area is 344 Å². The van der Waals surface area contributed by atoms with Gasteiger partial charge in [0.1, 0.15) is 13.2 Å². The van der Waals surface area contributed by atoms with Gasteiger partial charge in [-0.1, -0.05) is 146 Å². The predicted octanol–water partition coefficient (Wildman–Crippen LogP) is 12.5. The Morgan fingerprint density at radius 3 is 1.47 bits per heavy atom. The number of amides is 1. The largest absolute Gasteiger partial charge is 0.466 e. The molecule has 1 amide bonds. The molecule has 0 N–H and O–H groups in total. The molecule has 0 saturated carbocycles. The number of esters is 1. The monoisotopic (exact) mass is 791 g/mol. The maximum absolute atomic E-state index is 12.5. The first-order valence-electron chi connectivity index (χ1n) is 22.2. The lowest BCUT2D eigenvalue weighted by atomic mass is 10.1. The summed E-state index contributed by atoms with van der Waals surface area (Å²) in [5.74, 6) is 0.958. The lowest BCUT2D eigenvalue weighted by Crippen LogP contribution is -2.38. The summed E-state index contributed by atoms with van der Waals surface area (Å²) in [5.41, 5.74) is 0. The van der Waals surface area contributed by atoms with Gasteiger partial charge in [0.05, 0.1) is 18.8 Å².